The summed E-state index contributed by atoms with van der Waals surface area (Å²) in [5.74, 6) is -0.825. The zero-order valence-corrected chi connectivity index (χ0v) is 9.33. The molecule has 1 aromatic heterocycles. The molecule has 0 aromatic carbocycles. The predicted molar refractivity (Wildman–Crippen MR) is 59.8 cm³/mol. The van der Waals surface area contributed by atoms with E-state index in [1.807, 2.05) is 0 Å². The molecule has 5 nitrogen and oxygen atoms in total. The van der Waals surface area contributed by atoms with Crippen LogP contribution in [0.15, 0.2) is 15.5 Å². The third kappa shape index (κ3) is 1.82. The predicted octanol–water partition coefficient (Wildman–Crippen LogP) is 0.806. The van der Waals surface area contributed by atoms with Gasteiger partial charge in [-0.1, -0.05) is 0 Å². The Hall–Kier alpha value is -1.72. The number of carboxylic acid groups (broad SMARTS) is 1. The molecule has 0 aliphatic heterocycles. The van der Waals surface area contributed by atoms with Crippen LogP contribution < -0.4 is 10.7 Å². The Morgan fingerprint density at radius 1 is 1.56 bits per heavy atom. The topological polar surface area (TPSA) is 79.5 Å². The van der Waals surface area contributed by atoms with E-state index in [0.717, 1.165) is 0 Å². The summed E-state index contributed by atoms with van der Waals surface area (Å²) in [5.41, 5.74) is -1.65. The molecule has 0 atom stereocenters. The van der Waals surface area contributed by atoms with Crippen molar-refractivity contribution in [3.05, 3.63) is 27.8 Å². The van der Waals surface area contributed by atoms with Crippen LogP contribution in [0.3, 0.4) is 0 Å². The fourth-order valence-electron chi connectivity index (χ4n) is 1.48. The highest BCUT2D eigenvalue weighted by molar-refractivity contribution is 6.15. The van der Waals surface area contributed by atoms with E-state index in [0.29, 0.717) is 0 Å². The summed E-state index contributed by atoms with van der Waals surface area (Å²) in [7, 11) is 5.13. The van der Waals surface area contributed by atoms with E-state index < -0.39 is 16.8 Å². The number of aliphatic carboxylic acids is 1. The van der Waals surface area contributed by atoms with Gasteiger partial charge in [0.05, 0.1) is 11.0 Å². The lowest BCUT2D eigenvalue weighted by molar-refractivity contribution is -0.142. The Labute approximate surface area is 93.9 Å². The van der Waals surface area contributed by atoms with Gasteiger partial charge >= 0.3 is 5.97 Å². The number of rotatable bonds is 3. The molecular formula is C10H12BNO4. The van der Waals surface area contributed by atoms with Crippen molar-refractivity contribution in [3.63, 3.8) is 0 Å². The first kappa shape index (κ1) is 12.4. The summed E-state index contributed by atoms with van der Waals surface area (Å²) in [6.45, 7) is 4.42. The fourth-order valence-corrected chi connectivity index (χ4v) is 1.48. The Bertz CT molecular complexity index is 478. The van der Waals surface area contributed by atoms with Gasteiger partial charge in [0.2, 0.25) is 13.4 Å². The minimum Gasteiger partial charge on any atom is -0.481 e. The van der Waals surface area contributed by atoms with Crippen molar-refractivity contribution in [1.29, 1.82) is 0 Å². The van der Waals surface area contributed by atoms with E-state index in [2.05, 4.69) is 5.23 Å². The lowest BCUT2D eigenvalue weighted by Crippen LogP contribution is -2.35. The fraction of sp³-hybridized carbons (Fsp3) is 0.400. The first-order chi connectivity index (χ1) is 7.32. The van der Waals surface area contributed by atoms with Crippen LogP contribution in [0.2, 0.25) is 0 Å². The number of hydrogen-bond acceptors (Lipinski definition) is 4. The lowest BCUT2D eigenvalue weighted by Gasteiger charge is -2.20. The van der Waals surface area contributed by atoms with Gasteiger partial charge in [-0.15, -0.1) is 0 Å². The highest BCUT2D eigenvalue weighted by atomic mass is 16.4. The van der Waals surface area contributed by atoms with Gasteiger partial charge in [0.1, 0.15) is 17.7 Å². The molecule has 0 unspecified atom stereocenters. The molecule has 0 amide bonds. The molecule has 0 aliphatic carbocycles. The van der Waals surface area contributed by atoms with Gasteiger partial charge in [-0.25, -0.2) is 0 Å². The molecule has 0 saturated heterocycles. The normalized spacial score (nSPS) is 11.2. The highest BCUT2D eigenvalue weighted by Gasteiger charge is 2.35. The molecule has 84 valence electrons. The maximum Gasteiger partial charge on any atom is 0.313 e. The SMILES string of the molecule is [B]Nc1coc(C)c(C(C)(C)C(=O)O)c1=O. The van der Waals surface area contributed by atoms with Crippen LogP contribution in [-0.4, -0.2) is 19.1 Å². The quantitative estimate of drug-likeness (QED) is 0.738. The van der Waals surface area contributed by atoms with Crippen molar-refractivity contribution in [2.45, 2.75) is 26.2 Å². The maximum atomic E-state index is 11.9. The molecule has 0 saturated carbocycles. The van der Waals surface area contributed by atoms with Gasteiger partial charge in [0.15, 0.2) is 0 Å². The van der Waals surface area contributed by atoms with Crippen molar-refractivity contribution < 1.29 is 14.3 Å². The molecular weight excluding hydrogens is 209 g/mol. The summed E-state index contributed by atoms with van der Waals surface area (Å²) in [6.07, 6.45) is 1.17. The first-order valence-electron chi connectivity index (χ1n) is 4.65. The van der Waals surface area contributed by atoms with Gasteiger partial charge in [-0.05, 0) is 20.8 Å². The Morgan fingerprint density at radius 3 is 2.56 bits per heavy atom. The summed E-state index contributed by atoms with van der Waals surface area (Å²) in [5, 5.41) is 11.2. The second-order valence-corrected chi connectivity index (χ2v) is 3.98. The number of carbonyl (C=O) groups is 1. The standard InChI is InChI=1S/C10H12BNO4/c1-5-7(10(2,3)9(14)15)8(13)6(12-11)4-16-5/h4,12H,1-3H3,(H,14,15). The van der Waals surface area contributed by atoms with Crippen LogP contribution in [0.25, 0.3) is 0 Å². The van der Waals surface area contributed by atoms with Crippen molar-refractivity contribution >= 4 is 19.6 Å². The molecule has 1 heterocycles. The molecule has 2 radical (unpaired) electrons. The first-order valence-corrected chi connectivity index (χ1v) is 4.65. The third-order valence-corrected chi connectivity index (χ3v) is 2.49. The van der Waals surface area contributed by atoms with Gasteiger partial charge in [0.25, 0.3) is 0 Å². The van der Waals surface area contributed by atoms with Crippen molar-refractivity contribution in [2.24, 2.45) is 0 Å². The molecule has 0 aliphatic rings. The summed E-state index contributed by atoms with van der Waals surface area (Å²) in [6, 6.07) is 0. The van der Waals surface area contributed by atoms with Crippen LogP contribution in [0.1, 0.15) is 25.2 Å². The summed E-state index contributed by atoms with van der Waals surface area (Å²) < 4.78 is 5.09. The molecule has 1 aromatic rings. The van der Waals surface area contributed by atoms with E-state index >= 15 is 0 Å². The smallest absolute Gasteiger partial charge is 0.313 e. The Balaban J connectivity index is 3.56. The number of anilines is 1. The van der Waals surface area contributed by atoms with Crippen molar-refractivity contribution in [3.8, 4) is 0 Å². The maximum absolute atomic E-state index is 11.9. The number of carboxylic acids is 1. The Kier molecular flexibility index (Phi) is 3.12. The van der Waals surface area contributed by atoms with Crippen molar-refractivity contribution in [2.75, 3.05) is 5.23 Å². The monoisotopic (exact) mass is 221 g/mol. The third-order valence-electron chi connectivity index (χ3n) is 2.49. The molecule has 6 heteroatoms. The lowest BCUT2D eigenvalue weighted by atomic mass is 9.84. The van der Waals surface area contributed by atoms with Crippen LogP contribution in [0.4, 0.5) is 5.69 Å². The van der Waals surface area contributed by atoms with Crippen LogP contribution >= 0.6 is 0 Å². The zero-order chi connectivity index (χ0) is 12.5. The minimum atomic E-state index is -1.32. The van der Waals surface area contributed by atoms with Gasteiger partial charge in [-0.3, -0.25) is 9.59 Å². The average Bonchev–Trinajstić information content (AvgIpc) is 2.17. The van der Waals surface area contributed by atoms with E-state index in [9.17, 15) is 9.59 Å². The van der Waals surface area contributed by atoms with E-state index in [1.165, 1.54) is 20.1 Å². The molecule has 1 rings (SSSR count). The summed E-state index contributed by atoms with van der Waals surface area (Å²) >= 11 is 0. The summed E-state index contributed by atoms with van der Waals surface area (Å²) in [4.78, 5) is 23.0. The molecule has 16 heavy (non-hydrogen) atoms. The van der Waals surface area contributed by atoms with E-state index in [1.54, 1.807) is 6.92 Å². The Morgan fingerprint density at radius 2 is 2.12 bits per heavy atom. The minimum absolute atomic E-state index is 0.0370. The molecule has 0 spiro atoms. The average molecular weight is 221 g/mol. The van der Waals surface area contributed by atoms with Crippen LogP contribution in [0, 0.1) is 6.92 Å². The second kappa shape index (κ2) is 4.04. The van der Waals surface area contributed by atoms with Crippen LogP contribution in [0.5, 0.6) is 0 Å². The zero-order valence-electron chi connectivity index (χ0n) is 9.33. The molecule has 0 fully saturated rings. The van der Waals surface area contributed by atoms with E-state index in [-0.39, 0.29) is 17.0 Å². The van der Waals surface area contributed by atoms with E-state index in [4.69, 9.17) is 17.5 Å². The van der Waals surface area contributed by atoms with Gasteiger partial charge < -0.3 is 14.8 Å². The largest absolute Gasteiger partial charge is 0.481 e. The molecule has 2 N–H and O–H groups in total. The van der Waals surface area contributed by atoms with Crippen molar-refractivity contribution in [1.82, 2.24) is 0 Å². The van der Waals surface area contributed by atoms with Gasteiger partial charge in [-0.2, -0.15) is 0 Å². The highest BCUT2D eigenvalue weighted by Crippen LogP contribution is 2.24. The van der Waals surface area contributed by atoms with Crippen LogP contribution in [-0.2, 0) is 10.2 Å². The number of hydrogen-bond donors (Lipinski definition) is 2. The van der Waals surface area contributed by atoms with Gasteiger partial charge in [0, 0.05) is 0 Å². The number of aryl methyl sites for hydroxylation is 1. The number of nitrogens with one attached hydrogen (secondary N) is 1. The molecule has 0 bridgehead atoms. The second-order valence-electron chi connectivity index (χ2n) is 3.98.